The second kappa shape index (κ2) is 7.75. The van der Waals surface area contributed by atoms with Crippen LogP contribution in [0, 0.1) is 0 Å². The molecule has 2 heterocycles. The minimum atomic E-state index is 0.0137. The summed E-state index contributed by atoms with van der Waals surface area (Å²) in [5, 5.41) is 3.23. The van der Waals surface area contributed by atoms with Crippen molar-refractivity contribution < 1.29 is 9.53 Å². The van der Waals surface area contributed by atoms with Crippen molar-refractivity contribution in [2.45, 2.75) is 32.8 Å². The molecule has 1 fully saturated rings. The molecule has 1 aliphatic rings. The number of amides is 1. The van der Waals surface area contributed by atoms with Gasteiger partial charge in [-0.2, -0.15) is 0 Å². The lowest BCUT2D eigenvalue weighted by atomic mass is 10.2. The zero-order valence-electron chi connectivity index (χ0n) is 12.6. The van der Waals surface area contributed by atoms with Crippen LogP contribution in [0.2, 0.25) is 0 Å². The van der Waals surface area contributed by atoms with E-state index in [2.05, 4.69) is 33.2 Å². The van der Waals surface area contributed by atoms with Crippen molar-refractivity contribution in [1.82, 2.24) is 9.88 Å². The lowest BCUT2D eigenvalue weighted by molar-refractivity contribution is 0.0563. The molecule has 1 amide bonds. The monoisotopic (exact) mass is 355 g/mol. The number of nitrogens with one attached hydrogen (secondary N) is 1. The van der Waals surface area contributed by atoms with Crippen molar-refractivity contribution in [3.63, 3.8) is 0 Å². The van der Waals surface area contributed by atoms with E-state index in [1.807, 2.05) is 17.9 Å². The third-order valence-electron chi connectivity index (χ3n) is 3.37. The molecule has 1 aromatic heterocycles. The second-order valence-corrected chi connectivity index (χ2v) is 6.18. The molecule has 0 radical (unpaired) electrons. The highest BCUT2D eigenvalue weighted by molar-refractivity contribution is 9.10. The molecule has 5 nitrogen and oxygen atoms in total. The van der Waals surface area contributed by atoms with Gasteiger partial charge in [0.2, 0.25) is 0 Å². The fraction of sp³-hybridized carbons (Fsp3) is 0.600. The Labute approximate surface area is 134 Å². The molecule has 0 spiro atoms. The normalized spacial score (nSPS) is 19.2. The number of rotatable bonds is 4. The van der Waals surface area contributed by atoms with E-state index in [1.165, 1.54) is 0 Å². The molecule has 0 bridgehead atoms. The molecule has 21 heavy (non-hydrogen) atoms. The highest BCUT2D eigenvalue weighted by atomic mass is 79.9. The minimum Gasteiger partial charge on any atom is -0.377 e. The first-order valence-electron chi connectivity index (χ1n) is 7.42. The van der Waals surface area contributed by atoms with Crippen LogP contribution in [-0.2, 0) is 4.74 Å². The molecular weight excluding hydrogens is 334 g/mol. The molecule has 6 heteroatoms. The highest BCUT2D eigenvalue weighted by Crippen LogP contribution is 2.21. The Hall–Kier alpha value is -1.14. The van der Waals surface area contributed by atoms with Crippen molar-refractivity contribution in [1.29, 1.82) is 0 Å². The Morgan fingerprint density at radius 2 is 2.43 bits per heavy atom. The SMILES string of the molecule is CCCNc1ncc(Br)cc1C(=O)N1CCCOC(C)C1. The highest BCUT2D eigenvalue weighted by Gasteiger charge is 2.23. The predicted octanol–water partition coefficient (Wildman–Crippen LogP) is 2.92. The smallest absolute Gasteiger partial charge is 0.257 e. The van der Waals surface area contributed by atoms with Gasteiger partial charge in [0.15, 0.2) is 0 Å². The van der Waals surface area contributed by atoms with Gasteiger partial charge in [0, 0.05) is 36.9 Å². The first-order valence-corrected chi connectivity index (χ1v) is 8.21. The van der Waals surface area contributed by atoms with Crippen LogP contribution in [0.15, 0.2) is 16.7 Å². The van der Waals surface area contributed by atoms with E-state index in [1.54, 1.807) is 6.20 Å². The third-order valence-corrected chi connectivity index (χ3v) is 3.80. The molecular formula is C15H22BrN3O2. The number of carbonyl (C=O) groups is 1. The summed E-state index contributed by atoms with van der Waals surface area (Å²) < 4.78 is 6.42. The van der Waals surface area contributed by atoms with E-state index in [-0.39, 0.29) is 12.0 Å². The van der Waals surface area contributed by atoms with Gasteiger partial charge in [0.05, 0.1) is 11.7 Å². The van der Waals surface area contributed by atoms with E-state index in [9.17, 15) is 4.79 Å². The molecule has 116 valence electrons. The summed E-state index contributed by atoms with van der Waals surface area (Å²) in [6, 6.07) is 1.84. The van der Waals surface area contributed by atoms with Gasteiger partial charge in [-0.05, 0) is 41.8 Å². The molecule has 0 aliphatic carbocycles. The summed E-state index contributed by atoms with van der Waals surface area (Å²) in [7, 11) is 0. The molecule has 1 saturated heterocycles. The Morgan fingerprint density at radius 3 is 3.19 bits per heavy atom. The van der Waals surface area contributed by atoms with E-state index in [0.717, 1.165) is 30.4 Å². The van der Waals surface area contributed by atoms with Crippen LogP contribution in [0.3, 0.4) is 0 Å². The molecule has 1 aromatic rings. The summed E-state index contributed by atoms with van der Waals surface area (Å²) in [5.74, 6) is 0.669. The molecule has 1 N–H and O–H groups in total. The maximum absolute atomic E-state index is 12.8. The summed E-state index contributed by atoms with van der Waals surface area (Å²) >= 11 is 3.40. The summed E-state index contributed by atoms with van der Waals surface area (Å²) in [6.45, 7) is 6.95. The van der Waals surface area contributed by atoms with Crippen LogP contribution < -0.4 is 5.32 Å². The third kappa shape index (κ3) is 4.41. The van der Waals surface area contributed by atoms with Crippen LogP contribution in [0.25, 0.3) is 0 Å². The van der Waals surface area contributed by atoms with E-state index < -0.39 is 0 Å². The summed E-state index contributed by atoms with van der Waals surface area (Å²) in [5.41, 5.74) is 0.618. The van der Waals surface area contributed by atoms with Gasteiger partial charge < -0.3 is 15.0 Å². The minimum absolute atomic E-state index is 0.0137. The van der Waals surface area contributed by atoms with Gasteiger partial charge in [-0.1, -0.05) is 6.92 Å². The van der Waals surface area contributed by atoms with Crippen LogP contribution in [0.1, 0.15) is 37.0 Å². The van der Waals surface area contributed by atoms with E-state index in [0.29, 0.717) is 24.5 Å². The first-order chi connectivity index (χ1) is 10.1. The van der Waals surface area contributed by atoms with Crippen LogP contribution in [0.5, 0.6) is 0 Å². The lowest BCUT2D eigenvalue weighted by Crippen LogP contribution is -2.36. The first kappa shape index (κ1) is 16.2. The maximum atomic E-state index is 12.8. The lowest BCUT2D eigenvalue weighted by Gasteiger charge is -2.23. The number of anilines is 1. The number of aromatic nitrogens is 1. The van der Waals surface area contributed by atoms with Crippen LogP contribution in [0.4, 0.5) is 5.82 Å². The Bertz CT molecular complexity index is 496. The Kier molecular flexibility index (Phi) is 5.99. The number of ether oxygens (including phenoxy) is 1. The van der Waals surface area contributed by atoms with Gasteiger partial charge >= 0.3 is 0 Å². The standard InChI is InChI=1S/C15H22BrN3O2/c1-3-5-17-14-13(8-12(16)9-18-14)15(20)19-6-4-7-21-11(2)10-19/h8-9,11H,3-7,10H2,1-2H3,(H,17,18). The summed E-state index contributed by atoms with van der Waals surface area (Å²) in [4.78, 5) is 19.0. The average molecular weight is 356 g/mol. The molecule has 1 aliphatic heterocycles. The number of hydrogen-bond donors (Lipinski definition) is 1. The van der Waals surface area contributed by atoms with E-state index >= 15 is 0 Å². The number of carbonyl (C=O) groups excluding carboxylic acids is 1. The number of nitrogens with zero attached hydrogens (tertiary/aromatic N) is 2. The van der Waals surface area contributed by atoms with Crippen molar-refractivity contribution in [2.75, 3.05) is 31.6 Å². The van der Waals surface area contributed by atoms with Crippen molar-refractivity contribution >= 4 is 27.7 Å². The topological polar surface area (TPSA) is 54.5 Å². The largest absolute Gasteiger partial charge is 0.377 e. The van der Waals surface area contributed by atoms with Gasteiger partial charge in [-0.3, -0.25) is 4.79 Å². The molecule has 0 saturated carbocycles. The molecule has 1 atom stereocenters. The summed E-state index contributed by atoms with van der Waals surface area (Å²) in [6.07, 6.45) is 3.64. The number of halogens is 1. The van der Waals surface area contributed by atoms with Crippen LogP contribution >= 0.6 is 15.9 Å². The Morgan fingerprint density at radius 1 is 1.62 bits per heavy atom. The van der Waals surface area contributed by atoms with Crippen LogP contribution in [-0.4, -0.2) is 48.1 Å². The second-order valence-electron chi connectivity index (χ2n) is 5.26. The van der Waals surface area contributed by atoms with Gasteiger partial charge in [-0.15, -0.1) is 0 Å². The zero-order chi connectivity index (χ0) is 15.2. The Balaban J connectivity index is 2.21. The number of pyridine rings is 1. The quantitative estimate of drug-likeness (QED) is 0.901. The zero-order valence-corrected chi connectivity index (χ0v) is 14.1. The van der Waals surface area contributed by atoms with Gasteiger partial charge in [0.1, 0.15) is 5.82 Å². The van der Waals surface area contributed by atoms with Crippen molar-refractivity contribution in [2.24, 2.45) is 0 Å². The van der Waals surface area contributed by atoms with Gasteiger partial charge in [0.25, 0.3) is 5.91 Å². The molecule has 0 aromatic carbocycles. The number of hydrogen-bond acceptors (Lipinski definition) is 4. The fourth-order valence-corrected chi connectivity index (χ4v) is 2.67. The average Bonchev–Trinajstić information content (AvgIpc) is 2.70. The van der Waals surface area contributed by atoms with Crippen molar-refractivity contribution in [3.8, 4) is 0 Å². The van der Waals surface area contributed by atoms with Gasteiger partial charge in [-0.25, -0.2) is 4.98 Å². The molecule has 2 rings (SSSR count). The van der Waals surface area contributed by atoms with Crippen molar-refractivity contribution in [3.05, 3.63) is 22.3 Å². The maximum Gasteiger partial charge on any atom is 0.257 e. The molecule has 1 unspecified atom stereocenters. The predicted molar refractivity (Wildman–Crippen MR) is 86.7 cm³/mol. The fourth-order valence-electron chi connectivity index (χ4n) is 2.34. The van der Waals surface area contributed by atoms with E-state index in [4.69, 9.17) is 4.74 Å².